The van der Waals surface area contributed by atoms with Gasteiger partial charge in [0.2, 0.25) is 17.7 Å². The number of carbonyl (C=O) groups is 2. The van der Waals surface area contributed by atoms with Crippen LogP contribution in [0.15, 0.2) is 48.8 Å². The van der Waals surface area contributed by atoms with E-state index in [9.17, 15) is 14.9 Å². The summed E-state index contributed by atoms with van der Waals surface area (Å²) in [6.45, 7) is 2.29. The molecule has 0 radical (unpaired) electrons. The maximum Gasteiger partial charge on any atom is 0.240 e. The van der Waals surface area contributed by atoms with E-state index in [2.05, 4.69) is 16.0 Å². The standard InChI is InChI=1S/C27H21ClN4O4/c1-26-17-11-18(17)27(36-26,8-10-35-20-7-5-15(28)13-31-20)22-21(26)24(33)32(25(22)34)19-6-4-14(12-29)23-16(19)3-2-9-30-23/h2-7,9,13,17-18,21-22H,8,10-11H2,1H3/t17-,18+,21?,22+,26?,27?/m1/s1. The van der Waals surface area contributed by atoms with Gasteiger partial charge in [-0.3, -0.25) is 14.6 Å². The Hall–Kier alpha value is -3.54. The fourth-order valence-electron chi connectivity index (χ4n) is 7.09. The van der Waals surface area contributed by atoms with E-state index in [4.69, 9.17) is 21.1 Å². The van der Waals surface area contributed by atoms with E-state index in [1.807, 2.05) is 6.92 Å². The van der Waals surface area contributed by atoms with E-state index >= 15 is 0 Å². The molecule has 2 aromatic heterocycles. The predicted octanol–water partition coefficient (Wildman–Crippen LogP) is 3.91. The highest BCUT2D eigenvalue weighted by molar-refractivity contribution is 6.30. The number of halogens is 1. The Morgan fingerprint density at radius 1 is 1.17 bits per heavy atom. The number of benzene rings is 1. The summed E-state index contributed by atoms with van der Waals surface area (Å²) in [5.41, 5.74) is -0.0964. The van der Waals surface area contributed by atoms with Gasteiger partial charge in [-0.15, -0.1) is 0 Å². The first-order chi connectivity index (χ1) is 17.4. The largest absolute Gasteiger partial charge is 0.478 e. The number of nitrogens with zero attached hydrogens (tertiary/aromatic N) is 4. The first-order valence-electron chi connectivity index (χ1n) is 12.0. The van der Waals surface area contributed by atoms with Gasteiger partial charge < -0.3 is 9.47 Å². The van der Waals surface area contributed by atoms with Crippen LogP contribution < -0.4 is 9.64 Å². The predicted molar refractivity (Wildman–Crippen MR) is 129 cm³/mol. The van der Waals surface area contributed by atoms with Crippen LogP contribution in [0.4, 0.5) is 5.69 Å². The third-order valence-corrected chi connectivity index (χ3v) is 8.79. The molecule has 4 aliphatic rings. The number of nitriles is 1. The second-order valence-electron chi connectivity index (χ2n) is 10.2. The van der Waals surface area contributed by atoms with Gasteiger partial charge in [-0.1, -0.05) is 11.6 Å². The number of ether oxygens (including phenoxy) is 2. The van der Waals surface area contributed by atoms with E-state index in [0.29, 0.717) is 46.1 Å². The molecule has 36 heavy (non-hydrogen) atoms. The highest BCUT2D eigenvalue weighted by Gasteiger charge is 2.84. The lowest BCUT2D eigenvalue weighted by atomic mass is 9.67. The quantitative estimate of drug-likeness (QED) is 0.489. The van der Waals surface area contributed by atoms with Gasteiger partial charge >= 0.3 is 0 Å². The molecule has 9 heteroatoms. The number of carbonyl (C=O) groups excluding carboxylic acids is 2. The zero-order valence-corrected chi connectivity index (χ0v) is 20.1. The summed E-state index contributed by atoms with van der Waals surface area (Å²) in [6.07, 6.45) is 4.56. The van der Waals surface area contributed by atoms with Crippen molar-refractivity contribution in [3.63, 3.8) is 0 Å². The average Bonchev–Trinajstić information content (AvgIpc) is 3.54. The molecule has 1 aromatic carbocycles. The smallest absolute Gasteiger partial charge is 0.240 e. The third kappa shape index (κ3) is 2.67. The van der Waals surface area contributed by atoms with Crippen LogP contribution in [-0.2, 0) is 14.3 Å². The molecule has 180 valence electrons. The monoisotopic (exact) mass is 500 g/mol. The minimum absolute atomic E-state index is 0.224. The van der Waals surface area contributed by atoms with Crippen molar-refractivity contribution in [1.29, 1.82) is 5.26 Å². The van der Waals surface area contributed by atoms with Gasteiger partial charge in [0.25, 0.3) is 0 Å². The number of pyridine rings is 2. The molecule has 3 saturated heterocycles. The summed E-state index contributed by atoms with van der Waals surface area (Å²) in [6, 6.07) is 12.4. The Morgan fingerprint density at radius 2 is 2.00 bits per heavy atom. The molecule has 8 nitrogen and oxygen atoms in total. The van der Waals surface area contributed by atoms with Crippen LogP contribution in [0.5, 0.6) is 5.88 Å². The fourth-order valence-corrected chi connectivity index (χ4v) is 7.20. The molecular formula is C27H21ClN4O4. The highest BCUT2D eigenvalue weighted by Crippen LogP contribution is 2.75. The lowest BCUT2D eigenvalue weighted by Crippen LogP contribution is -2.45. The lowest BCUT2D eigenvalue weighted by molar-refractivity contribution is -0.135. The van der Waals surface area contributed by atoms with Crippen molar-refractivity contribution < 1.29 is 19.1 Å². The van der Waals surface area contributed by atoms with Crippen molar-refractivity contribution in [3.8, 4) is 11.9 Å². The highest BCUT2D eigenvalue weighted by atomic mass is 35.5. The first kappa shape index (κ1) is 21.7. The van der Waals surface area contributed by atoms with Crippen molar-refractivity contribution in [1.82, 2.24) is 9.97 Å². The molecule has 6 atom stereocenters. The summed E-state index contributed by atoms with van der Waals surface area (Å²) >= 11 is 5.92. The minimum atomic E-state index is -0.751. The Balaban J connectivity index is 1.25. The number of imide groups is 1. The van der Waals surface area contributed by atoms with Crippen LogP contribution in [-0.4, -0.2) is 39.6 Å². The Labute approximate surface area is 211 Å². The minimum Gasteiger partial charge on any atom is -0.478 e. The van der Waals surface area contributed by atoms with E-state index in [1.54, 1.807) is 42.6 Å². The zero-order chi connectivity index (χ0) is 24.8. The Bertz CT molecular complexity index is 1500. The first-order valence-corrected chi connectivity index (χ1v) is 12.4. The maximum absolute atomic E-state index is 14.0. The molecule has 3 unspecified atom stereocenters. The Morgan fingerprint density at radius 3 is 2.78 bits per heavy atom. The van der Waals surface area contributed by atoms with Crippen molar-refractivity contribution in [3.05, 3.63) is 59.4 Å². The van der Waals surface area contributed by atoms with Crippen LogP contribution in [0.1, 0.15) is 25.3 Å². The number of anilines is 1. The van der Waals surface area contributed by atoms with E-state index in [-0.39, 0.29) is 23.7 Å². The second kappa shape index (κ2) is 7.25. The molecule has 3 aliphatic heterocycles. The van der Waals surface area contributed by atoms with Crippen molar-refractivity contribution in [2.24, 2.45) is 23.7 Å². The molecule has 3 aromatic rings. The summed E-state index contributed by atoms with van der Waals surface area (Å²) in [5, 5.41) is 10.6. The molecule has 2 bridgehead atoms. The molecule has 2 amide bonds. The van der Waals surface area contributed by atoms with Crippen LogP contribution >= 0.6 is 11.6 Å². The van der Waals surface area contributed by atoms with Crippen LogP contribution in [0.25, 0.3) is 10.9 Å². The normalized spacial score (nSPS) is 33.5. The van der Waals surface area contributed by atoms with Gasteiger partial charge in [-0.05, 0) is 55.5 Å². The lowest BCUT2D eigenvalue weighted by Gasteiger charge is -2.32. The Kier molecular flexibility index (Phi) is 4.37. The molecule has 4 fully saturated rings. The number of hydrogen-bond acceptors (Lipinski definition) is 7. The van der Waals surface area contributed by atoms with E-state index in [0.717, 1.165) is 6.42 Å². The molecule has 0 N–H and O–H groups in total. The van der Waals surface area contributed by atoms with Crippen molar-refractivity contribution >= 4 is 40.0 Å². The number of amides is 2. The van der Waals surface area contributed by atoms with Crippen LogP contribution in [0.3, 0.4) is 0 Å². The van der Waals surface area contributed by atoms with Crippen LogP contribution in [0, 0.1) is 35.0 Å². The summed E-state index contributed by atoms with van der Waals surface area (Å²) in [7, 11) is 0. The summed E-state index contributed by atoms with van der Waals surface area (Å²) in [5.74, 6) is -0.698. The molecule has 0 spiro atoms. The number of rotatable bonds is 5. The molecule has 1 saturated carbocycles. The topological polar surface area (TPSA) is 105 Å². The summed E-state index contributed by atoms with van der Waals surface area (Å²) < 4.78 is 12.5. The summed E-state index contributed by atoms with van der Waals surface area (Å²) in [4.78, 5) is 37.8. The third-order valence-electron chi connectivity index (χ3n) is 8.57. The molecular weight excluding hydrogens is 480 g/mol. The van der Waals surface area contributed by atoms with Crippen molar-refractivity contribution in [2.45, 2.75) is 31.0 Å². The molecule has 7 rings (SSSR count). The van der Waals surface area contributed by atoms with E-state index < -0.39 is 23.0 Å². The number of hydrogen-bond donors (Lipinski definition) is 0. The second-order valence-corrected chi connectivity index (χ2v) is 10.6. The van der Waals surface area contributed by atoms with Gasteiger partial charge in [-0.25, -0.2) is 9.88 Å². The molecule has 5 heterocycles. The zero-order valence-electron chi connectivity index (χ0n) is 19.3. The number of fused-ring (bicyclic) bond motifs is 9. The van der Waals surface area contributed by atoms with Gasteiger partial charge in [0.15, 0.2) is 0 Å². The van der Waals surface area contributed by atoms with Gasteiger partial charge in [0.05, 0.1) is 51.4 Å². The van der Waals surface area contributed by atoms with Gasteiger partial charge in [0.1, 0.15) is 6.07 Å². The number of aromatic nitrogens is 2. The van der Waals surface area contributed by atoms with Crippen LogP contribution in [0.2, 0.25) is 5.02 Å². The van der Waals surface area contributed by atoms with E-state index in [1.165, 1.54) is 11.1 Å². The fraction of sp³-hybridized carbons (Fsp3) is 0.370. The van der Waals surface area contributed by atoms with Gasteiger partial charge in [0, 0.05) is 30.3 Å². The average molecular weight is 501 g/mol. The molecule has 1 aliphatic carbocycles. The SMILES string of the molecule is CC12OC(CCOc3ccc(Cl)cn3)([C@@H]3C(=O)N(c4ccc(C#N)c5ncccc45)C(=O)C31)[C@H]1C[C@H]12. The van der Waals surface area contributed by atoms with Crippen molar-refractivity contribution in [2.75, 3.05) is 11.5 Å². The maximum atomic E-state index is 14.0. The van der Waals surface area contributed by atoms with Gasteiger partial charge in [-0.2, -0.15) is 5.26 Å².